The number of benzene rings is 2. The number of nitrogen functional groups attached to an aromatic ring is 2. The summed E-state index contributed by atoms with van der Waals surface area (Å²) in [7, 11) is 0. The lowest BCUT2D eigenvalue weighted by molar-refractivity contribution is -0.194. The van der Waals surface area contributed by atoms with Gasteiger partial charge in [0, 0.05) is 11.4 Å². The van der Waals surface area contributed by atoms with Gasteiger partial charge in [-0.25, -0.2) is 0 Å². The van der Waals surface area contributed by atoms with Crippen LogP contribution in [0.4, 0.5) is 11.4 Å². The van der Waals surface area contributed by atoms with Crippen molar-refractivity contribution in [3.05, 3.63) is 59.7 Å². The number of rotatable bonds is 8. The lowest BCUT2D eigenvalue weighted by Gasteiger charge is -2.49. The second kappa shape index (κ2) is 10.5. The zero-order valence-corrected chi connectivity index (χ0v) is 20.8. The highest BCUT2D eigenvalue weighted by Gasteiger charge is 2.44. The first-order valence-corrected chi connectivity index (χ1v) is 13.3. The predicted molar refractivity (Wildman–Crippen MR) is 140 cm³/mol. The molecule has 0 radical (unpaired) electrons. The van der Waals surface area contributed by atoms with Gasteiger partial charge in [-0.05, 0) is 85.8 Å². The molecule has 0 heterocycles. The number of anilines is 2. The largest absolute Gasteiger partial charge is 0.399 e. The normalized spacial score (nSPS) is 21.9. The molecule has 0 saturated heterocycles. The van der Waals surface area contributed by atoms with Crippen LogP contribution in [-0.2, 0) is 4.74 Å². The molecule has 2 saturated carbocycles. The minimum atomic E-state index is -0.00275. The molecule has 2 unspecified atom stereocenters. The summed E-state index contributed by atoms with van der Waals surface area (Å²) in [6.07, 6.45) is 14.9. The maximum Gasteiger partial charge on any atom is 0.0695 e. The molecule has 4 rings (SSSR count). The standard InChI is InChI=1S/C30H44N2O/c1-23(25-9-13-27(31)14-10-25)21-29(17-5-3-6-18-29)33-30(19-7-4-8-20-30)22-24(2)26-11-15-28(32)16-12-26/h9-16,23-24H,3-8,17-22,31-32H2,1-2H3. The molecular weight excluding hydrogens is 404 g/mol. The molecule has 0 spiro atoms. The van der Waals surface area contributed by atoms with Gasteiger partial charge in [-0.3, -0.25) is 0 Å². The molecule has 0 amide bonds. The van der Waals surface area contributed by atoms with Gasteiger partial charge in [0.2, 0.25) is 0 Å². The van der Waals surface area contributed by atoms with Gasteiger partial charge in [-0.1, -0.05) is 76.6 Å². The van der Waals surface area contributed by atoms with Gasteiger partial charge in [0.15, 0.2) is 0 Å². The Bertz CT molecular complexity index is 788. The van der Waals surface area contributed by atoms with E-state index in [0.717, 1.165) is 24.2 Å². The van der Waals surface area contributed by atoms with Crippen molar-refractivity contribution in [3.63, 3.8) is 0 Å². The Morgan fingerprint density at radius 3 is 1.27 bits per heavy atom. The molecule has 0 aromatic heterocycles. The molecule has 2 aliphatic rings. The first-order valence-electron chi connectivity index (χ1n) is 13.3. The predicted octanol–water partition coefficient (Wildman–Crippen LogP) is 7.96. The summed E-state index contributed by atoms with van der Waals surface area (Å²) in [5.41, 5.74) is 16.3. The zero-order valence-electron chi connectivity index (χ0n) is 20.8. The fourth-order valence-electron chi connectivity index (χ4n) is 6.55. The quantitative estimate of drug-likeness (QED) is 0.403. The summed E-state index contributed by atoms with van der Waals surface area (Å²) in [6, 6.07) is 17.0. The molecule has 0 aliphatic heterocycles. The summed E-state index contributed by atoms with van der Waals surface area (Å²) in [5, 5.41) is 0. The second-order valence-electron chi connectivity index (χ2n) is 11.1. The van der Waals surface area contributed by atoms with Gasteiger partial charge >= 0.3 is 0 Å². The van der Waals surface area contributed by atoms with Gasteiger partial charge in [-0.15, -0.1) is 0 Å². The fraction of sp³-hybridized carbons (Fsp3) is 0.600. The maximum atomic E-state index is 7.49. The minimum Gasteiger partial charge on any atom is -0.399 e. The van der Waals surface area contributed by atoms with Crippen LogP contribution < -0.4 is 11.5 Å². The van der Waals surface area contributed by atoms with E-state index in [0.29, 0.717) is 11.8 Å². The van der Waals surface area contributed by atoms with E-state index < -0.39 is 0 Å². The fourth-order valence-corrected chi connectivity index (χ4v) is 6.55. The Morgan fingerprint density at radius 2 is 0.939 bits per heavy atom. The molecule has 0 bridgehead atoms. The maximum absolute atomic E-state index is 7.49. The molecule has 4 N–H and O–H groups in total. The Hall–Kier alpha value is -2.00. The van der Waals surface area contributed by atoms with E-state index in [9.17, 15) is 0 Å². The van der Waals surface area contributed by atoms with E-state index in [-0.39, 0.29) is 11.2 Å². The van der Waals surface area contributed by atoms with Gasteiger partial charge in [0.25, 0.3) is 0 Å². The monoisotopic (exact) mass is 448 g/mol. The number of ether oxygens (including phenoxy) is 1. The van der Waals surface area contributed by atoms with Crippen LogP contribution in [0.1, 0.15) is 114 Å². The summed E-state index contributed by atoms with van der Waals surface area (Å²) < 4.78 is 7.49. The Labute approximate surface area is 201 Å². The number of hydrogen-bond donors (Lipinski definition) is 2. The summed E-state index contributed by atoms with van der Waals surface area (Å²) in [5.74, 6) is 0.942. The lowest BCUT2D eigenvalue weighted by Crippen LogP contribution is -2.48. The Kier molecular flexibility index (Phi) is 7.69. The number of hydrogen-bond acceptors (Lipinski definition) is 3. The third-order valence-corrected chi connectivity index (χ3v) is 8.33. The van der Waals surface area contributed by atoms with Crippen molar-refractivity contribution in [3.8, 4) is 0 Å². The van der Waals surface area contributed by atoms with Crippen LogP contribution in [0.2, 0.25) is 0 Å². The Balaban J connectivity index is 1.55. The van der Waals surface area contributed by atoms with Crippen LogP contribution in [0.3, 0.4) is 0 Å². The van der Waals surface area contributed by atoms with Crippen molar-refractivity contribution in [1.82, 2.24) is 0 Å². The van der Waals surface area contributed by atoms with Crippen LogP contribution in [0.15, 0.2) is 48.5 Å². The van der Waals surface area contributed by atoms with Crippen molar-refractivity contribution in [2.24, 2.45) is 0 Å². The van der Waals surface area contributed by atoms with Gasteiger partial charge < -0.3 is 16.2 Å². The topological polar surface area (TPSA) is 61.3 Å². The van der Waals surface area contributed by atoms with Crippen molar-refractivity contribution >= 4 is 11.4 Å². The molecule has 3 nitrogen and oxygen atoms in total. The summed E-state index contributed by atoms with van der Waals surface area (Å²) in [4.78, 5) is 0. The molecule has 180 valence electrons. The Morgan fingerprint density at radius 1 is 0.606 bits per heavy atom. The first-order chi connectivity index (χ1) is 15.9. The van der Waals surface area contributed by atoms with Crippen molar-refractivity contribution in [2.75, 3.05) is 11.5 Å². The average Bonchev–Trinajstić information content (AvgIpc) is 2.80. The SMILES string of the molecule is CC(CC1(OC2(CC(C)c3ccc(N)cc3)CCCCC2)CCCCC1)c1ccc(N)cc1. The lowest BCUT2D eigenvalue weighted by atomic mass is 9.73. The highest BCUT2D eigenvalue weighted by Crippen LogP contribution is 2.48. The van der Waals surface area contributed by atoms with Crippen molar-refractivity contribution in [1.29, 1.82) is 0 Å². The molecule has 2 aliphatic carbocycles. The third kappa shape index (κ3) is 6.12. The van der Waals surface area contributed by atoms with E-state index in [1.54, 1.807) is 0 Å². The van der Waals surface area contributed by atoms with E-state index in [1.165, 1.54) is 75.3 Å². The smallest absolute Gasteiger partial charge is 0.0695 e. The molecular formula is C30H44N2O. The van der Waals surface area contributed by atoms with E-state index in [4.69, 9.17) is 16.2 Å². The summed E-state index contributed by atoms with van der Waals surface area (Å²) >= 11 is 0. The van der Waals surface area contributed by atoms with Gasteiger partial charge in [0.1, 0.15) is 0 Å². The second-order valence-corrected chi connectivity index (χ2v) is 11.1. The third-order valence-electron chi connectivity index (χ3n) is 8.33. The average molecular weight is 449 g/mol. The minimum absolute atomic E-state index is 0.00275. The number of nitrogens with two attached hydrogens (primary N) is 2. The van der Waals surface area contributed by atoms with Crippen LogP contribution in [-0.4, -0.2) is 11.2 Å². The zero-order chi connectivity index (χ0) is 23.3. The highest BCUT2D eigenvalue weighted by molar-refractivity contribution is 5.41. The molecule has 3 heteroatoms. The van der Waals surface area contributed by atoms with Crippen molar-refractivity contribution < 1.29 is 4.74 Å². The molecule has 2 aromatic carbocycles. The van der Waals surface area contributed by atoms with E-state index in [1.807, 2.05) is 24.3 Å². The van der Waals surface area contributed by atoms with Gasteiger partial charge in [0.05, 0.1) is 11.2 Å². The molecule has 2 aromatic rings. The van der Waals surface area contributed by atoms with E-state index >= 15 is 0 Å². The van der Waals surface area contributed by atoms with Crippen LogP contribution in [0.5, 0.6) is 0 Å². The first kappa shape index (κ1) is 24.1. The van der Waals surface area contributed by atoms with Gasteiger partial charge in [-0.2, -0.15) is 0 Å². The van der Waals surface area contributed by atoms with E-state index in [2.05, 4.69) is 38.1 Å². The molecule has 2 atom stereocenters. The highest BCUT2D eigenvalue weighted by atomic mass is 16.5. The summed E-state index contributed by atoms with van der Waals surface area (Å²) in [6.45, 7) is 4.74. The van der Waals surface area contributed by atoms with Crippen LogP contribution in [0.25, 0.3) is 0 Å². The van der Waals surface area contributed by atoms with Crippen LogP contribution >= 0.6 is 0 Å². The molecule has 33 heavy (non-hydrogen) atoms. The molecule has 2 fully saturated rings. The van der Waals surface area contributed by atoms with Crippen LogP contribution in [0, 0.1) is 0 Å². The van der Waals surface area contributed by atoms with Crippen molar-refractivity contribution in [2.45, 2.75) is 114 Å².